The topological polar surface area (TPSA) is 69.7 Å². The molecule has 0 aromatic carbocycles. The molecule has 2 heterocycles. The SMILES string of the molecule is CC=CC1=CC2=CC3=C(C(=O)CCCCC)C(=O)O[C@@]3(C)C(=O)C2=CO1. The van der Waals surface area contributed by atoms with E-state index in [1.54, 1.807) is 18.2 Å². The van der Waals surface area contributed by atoms with Gasteiger partial charge in [0.2, 0.25) is 5.78 Å². The fraction of sp³-hybridized carbons (Fsp3) is 0.381. The van der Waals surface area contributed by atoms with Gasteiger partial charge in [0.05, 0.1) is 5.57 Å². The summed E-state index contributed by atoms with van der Waals surface area (Å²) in [7, 11) is 0. The third-order valence-electron chi connectivity index (χ3n) is 4.80. The molecule has 5 nitrogen and oxygen atoms in total. The molecule has 0 amide bonds. The van der Waals surface area contributed by atoms with Crippen LogP contribution in [0.3, 0.4) is 0 Å². The lowest BCUT2D eigenvalue weighted by Crippen LogP contribution is -2.41. The van der Waals surface area contributed by atoms with Crippen molar-refractivity contribution in [1.29, 1.82) is 0 Å². The summed E-state index contributed by atoms with van der Waals surface area (Å²) in [5.41, 5.74) is -0.122. The average molecular weight is 354 g/mol. The first-order chi connectivity index (χ1) is 12.4. The molecule has 0 aromatic rings. The van der Waals surface area contributed by atoms with E-state index in [9.17, 15) is 14.4 Å². The monoisotopic (exact) mass is 354 g/mol. The maximum Gasteiger partial charge on any atom is 0.343 e. The van der Waals surface area contributed by atoms with Gasteiger partial charge in [-0.2, -0.15) is 0 Å². The van der Waals surface area contributed by atoms with Crippen LogP contribution in [0, 0.1) is 0 Å². The van der Waals surface area contributed by atoms with E-state index < -0.39 is 11.6 Å². The van der Waals surface area contributed by atoms with Gasteiger partial charge < -0.3 is 9.47 Å². The maximum absolute atomic E-state index is 12.9. The molecule has 0 bridgehead atoms. The molecule has 0 aromatic heterocycles. The van der Waals surface area contributed by atoms with Gasteiger partial charge in [-0.1, -0.05) is 25.8 Å². The molecule has 0 unspecified atom stereocenters. The zero-order chi connectivity index (χ0) is 18.9. The number of allylic oxidation sites excluding steroid dienone is 4. The molecule has 0 radical (unpaired) electrons. The van der Waals surface area contributed by atoms with E-state index in [0.717, 1.165) is 12.8 Å². The van der Waals surface area contributed by atoms with Crippen LogP contribution in [0.2, 0.25) is 0 Å². The summed E-state index contributed by atoms with van der Waals surface area (Å²) in [6.07, 6.45) is 11.3. The first kappa shape index (κ1) is 18.1. The van der Waals surface area contributed by atoms with Crippen molar-refractivity contribution in [2.24, 2.45) is 0 Å². The van der Waals surface area contributed by atoms with Crippen LogP contribution < -0.4 is 0 Å². The molecule has 0 saturated heterocycles. The Labute approximate surface area is 152 Å². The summed E-state index contributed by atoms with van der Waals surface area (Å²) in [5.74, 6) is -0.762. The molecule has 2 aliphatic heterocycles. The second-order valence-electron chi connectivity index (χ2n) is 6.72. The highest BCUT2D eigenvalue weighted by molar-refractivity contribution is 6.24. The summed E-state index contributed by atoms with van der Waals surface area (Å²) in [6, 6.07) is 0. The van der Waals surface area contributed by atoms with Gasteiger partial charge in [0.1, 0.15) is 17.6 Å². The van der Waals surface area contributed by atoms with E-state index in [1.165, 1.54) is 13.2 Å². The predicted molar refractivity (Wildman–Crippen MR) is 95.8 cm³/mol. The Morgan fingerprint density at radius 2 is 2.00 bits per heavy atom. The molecule has 26 heavy (non-hydrogen) atoms. The number of fused-ring (bicyclic) bond motifs is 2. The van der Waals surface area contributed by atoms with Crippen molar-refractivity contribution in [2.75, 3.05) is 0 Å². The number of hydrogen-bond acceptors (Lipinski definition) is 5. The van der Waals surface area contributed by atoms with Gasteiger partial charge in [0, 0.05) is 12.0 Å². The minimum absolute atomic E-state index is 0.0102. The molecule has 1 aliphatic carbocycles. The Kier molecular flexibility index (Phi) is 4.81. The molecular weight excluding hydrogens is 332 g/mol. The van der Waals surface area contributed by atoms with E-state index in [1.807, 2.05) is 19.9 Å². The van der Waals surface area contributed by atoms with Gasteiger partial charge in [-0.15, -0.1) is 0 Å². The van der Waals surface area contributed by atoms with Crippen molar-refractivity contribution in [2.45, 2.75) is 52.1 Å². The Morgan fingerprint density at radius 1 is 1.23 bits per heavy atom. The summed E-state index contributed by atoms with van der Waals surface area (Å²) >= 11 is 0. The lowest BCUT2D eigenvalue weighted by molar-refractivity contribution is -0.153. The number of carbonyl (C=O) groups excluding carboxylic acids is 3. The molecule has 0 spiro atoms. The number of ketones is 2. The highest BCUT2D eigenvalue weighted by Crippen LogP contribution is 2.44. The van der Waals surface area contributed by atoms with Gasteiger partial charge in [-0.3, -0.25) is 9.59 Å². The van der Waals surface area contributed by atoms with E-state index in [-0.39, 0.29) is 23.6 Å². The van der Waals surface area contributed by atoms with E-state index in [0.29, 0.717) is 28.9 Å². The van der Waals surface area contributed by atoms with Crippen LogP contribution in [0.15, 0.2) is 58.6 Å². The largest absolute Gasteiger partial charge is 0.464 e. The molecule has 5 heteroatoms. The smallest absolute Gasteiger partial charge is 0.343 e. The van der Waals surface area contributed by atoms with Crippen molar-refractivity contribution in [3.63, 3.8) is 0 Å². The van der Waals surface area contributed by atoms with Gasteiger partial charge in [-0.05, 0) is 44.1 Å². The van der Waals surface area contributed by atoms with Crippen LogP contribution in [-0.4, -0.2) is 23.1 Å². The van der Waals surface area contributed by atoms with Crippen LogP contribution in [0.4, 0.5) is 0 Å². The normalized spacial score (nSPS) is 24.5. The standard InChI is InChI=1S/C21H22O5/c1-4-6-7-9-17(22)18-16-11-13-10-14(8-5-2)25-12-15(13)19(23)21(16,3)26-20(18)24/h5,8,10-12H,4,6-7,9H2,1-3H3/t21-/m1/s1. The molecule has 136 valence electrons. The van der Waals surface area contributed by atoms with Crippen molar-refractivity contribution in [3.05, 3.63) is 58.6 Å². The highest BCUT2D eigenvalue weighted by Gasteiger charge is 2.54. The first-order valence-electron chi connectivity index (χ1n) is 8.91. The highest BCUT2D eigenvalue weighted by atomic mass is 16.6. The van der Waals surface area contributed by atoms with Crippen molar-refractivity contribution in [1.82, 2.24) is 0 Å². The van der Waals surface area contributed by atoms with Crippen LogP contribution in [0.5, 0.6) is 0 Å². The molecule has 0 fully saturated rings. The minimum atomic E-state index is -1.46. The molecule has 3 rings (SSSR count). The zero-order valence-electron chi connectivity index (χ0n) is 15.3. The second kappa shape index (κ2) is 6.90. The fourth-order valence-electron chi connectivity index (χ4n) is 3.37. The predicted octanol–water partition coefficient (Wildman–Crippen LogP) is 3.63. The van der Waals surface area contributed by atoms with E-state index in [4.69, 9.17) is 9.47 Å². The summed E-state index contributed by atoms with van der Waals surface area (Å²) in [4.78, 5) is 37.9. The number of Topliss-reactive ketones (excluding diaryl/α,β-unsaturated/α-hetero) is 2. The summed E-state index contributed by atoms with van der Waals surface area (Å²) in [6.45, 7) is 5.44. The Morgan fingerprint density at radius 3 is 2.69 bits per heavy atom. The zero-order valence-corrected chi connectivity index (χ0v) is 15.3. The van der Waals surface area contributed by atoms with Crippen molar-refractivity contribution >= 4 is 17.5 Å². The number of carbonyl (C=O) groups is 3. The first-order valence-corrected chi connectivity index (χ1v) is 8.91. The summed E-state index contributed by atoms with van der Waals surface area (Å²) in [5, 5.41) is 0. The van der Waals surface area contributed by atoms with Crippen molar-refractivity contribution in [3.8, 4) is 0 Å². The van der Waals surface area contributed by atoms with Gasteiger partial charge in [0.15, 0.2) is 11.4 Å². The fourth-order valence-corrected chi connectivity index (χ4v) is 3.37. The quantitative estimate of drug-likeness (QED) is 0.414. The second-order valence-corrected chi connectivity index (χ2v) is 6.72. The number of esters is 1. The van der Waals surface area contributed by atoms with Crippen LogP contribution in [0.25, 0.3) is 0 Å². The number of hydrogen-bond donors (Lipinski definition) is 0. The van der Waals surface area contributed by atoms with Crippen LogP contribution >= 0.6 is 0 Å². The van der Waals surface area contributed by atoms with Crippen LogP contribution in [0.1, 0.15) is 46.5 Å². The van der Waals surface area contributed by atoms with Gasteiger partial charge in [-0.25, -0.2) is 4.79 Å². The molecule has 0 saturated carbocycles. The molecular formula is C21H22O5. The Hall–Kier alpha value is -2.69. The van der Waals surface area contributed by atoms with Crippen LogP contribution in [-0.2, 0) is 23.9 Å². The maximum atomic E-state index is 12.9. The number of unbranched alkanes of at least 4 members (excludes halogenated alkanes) is 2. The van der Waals surface area contributed by atoms with Crippen molar-refractivity contribution < 1.29 is 23.9 Å². The minimum Gasteiger partial charge on any atom is -0.464 e. The molecule has 3 aliphatic rings. The Bertz CT molecular complexity index is 834. The molecule has 1 atom stereocenters. The molecule has 0 N–H and O–H groups in total. The number of ether oxygens (including phenoxy) is 2. The van der Waals surface area contributed by atoms with Gasteiger partial charge in [0.25, 0.3) is 0 Å². The van der Waals surface area contributed by atoms with E-state index >= 15 is 0 Å². The van der Waals surface area contributed by atoms with Gasteiger partial charge >= 0.3 is 5.97 Å². The summed E-state index contributed by atoms with van der Waals surface area (Å²) < 4.78 is 10.8. The lowest BCUT2D eigenvalue weighted by atomic mass is 9.77. The average Bonchev–Trinajstić information content (AvgIpc) is 2.86. The third kappa shape index (κ3) is 2.87. The lowest BCUT2D eigenvalue weighted by Gasteiger charge is -2.30. The Balaban J connectivity index is 2.06. The number of rotatable bonds is 6. The van der Waals surface area contributed by atoms with E-state index in [2.05, 4.69) is 0 Å². The third-order valence-corrected chi connectivity index (χ3v) is 4.80.